The molecule has 0 aliphatic carbocycles. The highest BCUT2D eigenvalue weighted by molar-refractivity contribution is 7.51. The lowest BCUT2D eigenvalue weighted by molar-refractivity contribution is -0.202. The summed E-state index contributed by atoms with van der Waals surface area (Å²) in [5, 5.41) is 36.5. The van der Waals surface area contributed by atoms with Crippen LogP contribution in [0.3, 0.4) is 0 Å². The minimum absolute atomic E-state index is 0.110. The number of carboxylic acids is 1. The average Bonchev–Trinajstić information content (AvgIpc) is 3.29. The Bertz CT molecular complexity index is 1050. The van der Waals surface area contributed by atoms with Gasteiger partial charge < -0.3 is 39.4 Å². The molecule has 1 aliphatic rings. The summed E-state index contributed by atoms with van der Waals surface area (Å²) >= 11 is 0. The molecule has 3 rings (SSSR count). The van der Waals surface area contributed by atoms with Gasteiger partial charge >= 0.3 is 12.0 Å². The van der Waals surface area contributed by atoms with Gasteiger partial charge in [0.1, 0.15) is 32.2 Å². The molecular formula is C16H23N7O9P-. The Kier molecular flexibility index (Phi) is 7.91. The number of fused-ring (bicyclic) bond motifs is 1. The highest BCUT2D eigenvalue weighted by Gasteiger charge is 2.44. The molecule has 0 radical (unpaired) electrons. The van der Waals surface area contributed by atoms with Gasteiger partial charge in [-0.25, -0.2) is 19.7 Å². The molecule has 2 aromatic rings. The Morgan fingerprint density at radius 3 is 2.76 bits per heavy atom. The largest absolute Gasteiger partial charge is 0.778 e. The SMILES string of the molecule is CCNC(=O)Nc1ncnc2c1ncn2[C@@H]1O[C@H](COP(=O)([O-])CNCC(=O)O)C(O)[C@@H]1O. The van der Waals surface area contributed by atoms with Crippen LogP contribution in [0.4, 0.5) is 10.6 Å². The van der Waals surface area contributed by atoms with Crippen LogP contribution in [0.1, 0.15) is 13.2 Å². The molecule has 0 spiro atoms. The number of carbonyl (C=O) groups is 2. The third-order valence-electron chi connectivity index (χ3n) is 4.56. The summed E-state index contributed by atoms with van der Waals surface area (Å²) in [6, 6.07) is -0.503. The van der Waals surface area contributed by atoms with Crippen LogP contribution in [0.5, 0.6) is 0 Å². The van der Waals surface area contributed by atoms with Gasteiger partial charge in [-0.3, -0.25) is 20.0 Å². The minimum Gasteiger partial charge on any atom is -0.778 e. The maximum absolute atomic E-state index is 11.9. The molecular weight excluding hydrogens is 465 g/mol. The van der Waals surface area contributed by atoms with Crippen molar-refractivity contribution in [1.29, 1.82) is 0 Å². The Morgan fingerprint density at radius 2 is 2.06 bits per heavy atom. The number of hydrogen-bond donors (Lipinski definition) is 6. The van der Waals surface area contributed by atoms with E-state index in [1.165, 1.54) is 10.9 Å². The molecule has 17 heteroatoms. The van der Waals surface area contributed by atoms with Gasteiger partial charge in [-0.15, -0.1) is 0 Å². The van der Waals surface area contributed by atoms with Crippen LogP contribution in [-0.4, -0.2) is 91.1 Å². The smallest absolute Gasteiger partial charge is 0.320 e. The zero-order valence-corrected chi connectivity index (χ0v) is 18.2. The second-order valence-corrected chi connectivity index (χ2v) is 8.76. The van der Waals surface area contributed by atoms with E-state index in [-0.39, 0.29) is 17.0 Å². The van der Waals surface area contributed by atoms with Gasteiger partial charge in [0.05, 0.1) is 25.8 Å². The molecule has 5 atom stereocenters. The number of aliphatic hydroxyl groups is 2. The van der Waals surface area contributed by atoms with E-state index in [2.05, 4.69) is 30.9 Å². The highest BCUT2D eigenvalue weighted by atomic mass is 31.2. The number of nitrogens with zero attached hydrogens (tertiary/aromatic N) is 4. The van der Waals surface area contributed by atoms with E-state index in [1.54, 1.807) is 6.92 Å². The number of carboxylic acid groups (broad SMARTS) is 1. The summed E-state index contributed by atoms with van der Waals surface area (Å²) < 4.78 is 23.6. The number of rotatable bonds is 10. The van der Waals surface area contributed by atoms with Gasteiger partial charge in [0.2, 0.25) is 0 Å². The fourth-order valence-electron chi connectivity index (χ4n) is 3.07. The number of ether oxygens (including phenoxy) is 1. The average molecular weight is 488 g/mol. The third kappa shape index (κ3) is 6.00. The van der Waals surface area contributed by atoms with Crippen LogP contribution in [0.25, 0.3) is 11.2 Å². The van der Waals surface area contributed by atoms with Crippen molar-refractivity contribution in [3.63, 3.8) is 0 Å². The summed E-state index contributed by atoms with van der Waals surface area (Å²) in [6.45, 7) is 0.942. The van der Waals surface area contributed by atoms with E-state index >= 15 is 0 Å². The van der Waals surface area contributed by atoms with E-state index in [4.69, 9.17) is 14.4 Å². The molecule has 2 unspecified atom stereocenters. The molecule has 0 saturated carbocycles. The molecule has 6 N–H and O–H groups in total. The van der Waals surface area contributed by atoms with Crippen LogP contribution < -0.4 is 20.8 Å². The molecule has 0 bridgehead atoms. The van der Waals surface area contributed by atoms with Crippen molar-refractivity contribution in [3.8, 4) is 0 Å². The topological polar surface area (TPSA) is 233 Å². The molecule has 1 saturated heterocycles. The van der Waals surface area contributed by atoms with Gasteiger partial charge in [-0.05, 0) is 6.92 Å². The van der Waals surface area contributed by atoms with Gasteiger partial charge in [0, 0.05) is 6.54 Å². The van der Waals surface area contributed by atoms with E-state index < -0.39 is 63.6 Å². The Hall–Kier alpha value is -2.72. The minimum atomic E-state index is -4.48. The molecule has 33 heavy (non-hydrogen) atoms. The van der Waals surface area contributed by atoms with Crippen molar-refractivity contribution in [1.82, 2.24) is 30.2 Å². The van der Waals surface area contributed by atoms with Gasteiger partial charge in [0.25, 0.3) is 0 Å². The van der Waals surface area contributed by atoms with Crippen LogP contribution in [0, 0.1) is 0 Å². The number of hydrogen-bond acceptors (Lipinski definition) is 12. The number of anilines is 1. The molecule has 2 aromatic heterocycles. The van der Waals surface area contributed by atoms with Gasteiger partial charge in [-0.1, -0.05) is 0 Å². The molecule has 1 fully saturated rings. The quantitative estimate of drug-likeness (QED) is 0.195. The van der Waals surface area contributed by atoms with Crippen molar-refractivity contribution in [2.75, 3.05) is 31.3 Å². The summed E-state index contributed by atoms with van der Waals surface area (Å²) in [7, 11) is -4.48. The van der Waals surface area contributed by atoms with E-state index in [0.29, 0.717) is 6.54 Å². The number of amides is 2. The predicted molar refractivity (Wildman–Crippen MR) is 108 cm³/mol. The lowest BCUT2D eigenvalue weighted by Crippen LogP contribution is -2.34. The fourth-order valence-corrected chi connectivity index (χ4v) is 3.92. The maximum Gasteiger partial charge on any atom is 0.320 e. The zero-order chi connectivity index (χ0) is 24.2. The van der Waals surface area contributed by atoms with Gasteiger partial charge in [-0.2, -0.15) is 0 Å². The number of aliphatic hydroxyl groups excluding tert-OH is 2. The number of aromatic nitrogens is 4. The summed E-state index contributed by atoms with van der Waals surface area (Å²) in [4.78, 5) is 46.3. The first-order valence-corrected chi connectivity index (χ1v) is 11.5. The lowest BCUT2D eigenvalue weighted by atomic mass is 10.1. The lowest BCUT2D eigenvalue weighted by Gasteiger charge is -2.25. The molecule has 1 aliphatic heterocycles. The number of imidazole rings is 1. The zero-order valence-electron chi connectivity index (χ0n) is 17.3. The van der Waals surface area contributed by atoms with Crippen molar-refractivity contribution >= 4 is 36.6 Å². The molecule has 182 valence electrons. The number of aliphatic carboxylic acids is 1. The van der Waals surface area contributed by atoms with Crippen molar-refractivity contribution in [2.45, 2.75) is 31.5 Å². The van der Waals surface area contributed by atoms with Crippen LogP contribution in [-0.2, 0) is 18.6 Å². The fraction of sp³-hybridized carbons (Fsp3) is 0.562. The van der Waals surface area contributed by atoms with Crippen molar-refractivity contribution in [2.24, 2.45) is 0 Å². The normalized spacial score (nSPS) is 24.5. The van der Waals surface area contributed by atoms with E-state index in [1.807, 2.05) is 0 Å². The standard InChI is InChI=1S/C16H24N7O9P/c1-2-18-16(28)22-13-10-14(20-5-19-13)23(6-21-10)15-12(27)11(26)8(32-15)4-31-33(29,30)7-17-3-9(24)25/h5-6,8,11-12,15,17,26-27H,2-4,7H2,1H3,(H,24,25)(H,29,30)(H2,18,19,20,22,28)/p-1/t8-,11?,12+,15-/m1/s1. The first-order chi connectivity index (χ1) is 15.6. The van der Waals surface area contributed by atoms with E-state index in [0.717, 1.165) is 6.33 Å². The predicted octanol–water partition coefficient (Wildman–Crippen LogP) is -2.21. The first kappa shape index (κ1) is 24.9. The third-order valence-corrected chi connectivity index (χ3v) is 5.71. The van der Waals surface area contributed by atoms with Crippen LogP contribution in [0.15, 0.2) is 12.7 Å². The molecule has 16 nitrogen and oxygen atoms in total. The van der Waals surface area contributed by atoms with Gasteiger partial charge in [0.15, 0.2) is 23.2 Å². The summed E-state index contributed by atoms with van der Waals surface area (Å²) in [5.74, 6) is -1.13. The number of carbonyl (C=O) groups excluding carboxylic acids is 1. The van der Waals surface area contributed by atoms with Crippen molar-refractivity contribution < 1.29 is 43.6 Å². The molecule has 0 aromatic carbocycles. The molecule has 2 amide bonds. The second-order valence-electron chi connectivity index (χ2n) is 6.96. The number of urea groups is 1. The summed E-state index contributed by atoms with van der Waals surface area (Å²) in [6.07, 6.45) is -3.71. The Morgan fingerprint density at radius 1 is 1.30 bits per heavy atom. The van der Waals surface area contributed by atoms with Crippen LogP contribution >= 0.6 is 7.60 Å². The first-order valence-electron chi connectivity index (χ1n) is 9.74. The summed E-state index contributed by atoms with van der Waals surface area (Å²) in [5.41, 5.74) is 0.379. The Labute approximate surface area is 186 Å². The van der Waals surface area contributed by atoms with E-state index in [9.17, 15) is 29.3 Å². The molecule has 3 heterocycles. The van der Waals surface area contributed by atoms with Crippen molar-refractivity contribution in [3.05, 3.63) is 12.7 Å². The highest BCUT2D eigenvalue weighted by Crippen LogP contribution is 2.38. The Balaban J connectivity index is 1.70. The monoisotopic (exact) mass is 488 g/mol. The van der Waals surface area contributed by atoms with Crippen LogP contribution in [0.2, 0.25) is 0 Å². The second kappa shape index (κ2) is 10.5. The maximum atomic E-state index is 11.9. The number of nitrogens with one attached hydrogen (secondary N) is 3.